The van der Waals surface area contributed by atoms with Gasteiger partial charge in [-0.15, -0.1) is 0 Å². The van der Waals surface area contributed by atoms with Crippen LogP contribution in [0.1, 0.15) is 46.5 Å². The molecule has 0 aromatic carbocycles. The molecule has 82 valence electrons. The summed E-state index contributed by atoms with van der Waals surface area (Å²) in [6, 6.07) is 0. The van der Waals surface area contributed by atoms with Crippen molar-refractivity contribution in [3.8, 4) is 0 Å². The zero-order valence-electron chi connectivity index (χ0n) is 10.3. The van der Waals surface area contributed by atoms with Crippen molar-refractivity contribution in [2.24, 2.45) is 16.7 Å². The van der Waals surface area contributed by atoms with Crippen LogP contribution in [0.3, 0.4) is 0 Å². The Morgan fingerprint density at radius 3 is 2.07 bits per heavy atom. The fourth-order valence-electron chi connectivity index (χ4n) is 4.74. The van der Waals surface area contributed by atoms with Gasteiger partial charge < -0.3 is 4.90 Å². The number of rotatable bonds is 1. The smallest absolute Gasteiger partial charge is 0.00354 e. The summed E-state index contributed by atoms with van der Waals surface area (Å²) in [6.07, 6.45) is 5.73. The van der Waals surface area contributed by atoms with E-state index in [9.17, 15) is 0 Å². The summed E-state index contributed by atoms with van der Waals surface area (Å²) in [6.45, 7) is 10.1. The van der Waals surface area contributed by atoms with E-state index < -0.39 is 0 Å². The van der Waals surface area contributed by atoms with Gasteiger partial charge in [0, 0.05) is 13.1 Å². The molecule has 14 heavy (non-hydrogen) atoms. The first-order valence-electron chi connectivity index (χ1n) is 6.19. The summed E-state index contributed by atoms with van der Waals surface area (Å²) in [7, 11) is 2.30. The number of nitrogens with zero attached hydrogens (tertiary/aromatic N) is 1. The van der Waals surface area contributed by atoms with Crippen LogP contribution in [0.15, 0.2) is 0 Å². The molecule has 0 spiro atoms. The Morgan fingerprint density at radius 1 is 1.14 bits per heavy atom. The molecule has 0 N–H and O–H groups in total. The molecule has 2 bridgehead atoms. The Balaban J connectivity index is 2.30. The second-order valence-corrected chi connectivity index (χ2v) is 6.29. The molecule has 1 heterocycles. The molecule has 1 heteroatoms. The maximum absolute atomic E-state index is 2.56. The Kier molecular flexibility index (Phi) is 2.42. The first-order chi connectivity index (χ1) is 6.50. The number of fused-ring (bicyclic) bond motifs is 2. The maximum atomic E-state index is 2.56. The van der Waals surface area contributed by atoms with Crippen molar-refractivity contribution < 1.29 is 0 Å². The van der Waals surface area contributed by atoms with E-state index in [2.05, 4.69) is 32.7 Å². The van der Waals surface area contributed by atoms with Crippen molar-refractivity contribution in [1.82, 2.24) is 4.90 Å². The first-order valence-corrected chi connectivity index (χ1v) is 6.19. The second-order valence-electron chi connectivity index (χ2n) is 6.29. The number of likely N-dealkylation sites (tertiary alicyclic amines) is 1. The molecule has 1 aliphatic carbocycles. The molecule has 2 fully saturated rings. The van der Waals surface area contributed by atoms with Crippen molar-refractivity contribution >= 4 is 0 Å². The molecule has 2 atom stereocenters. The van der Waals surface area contributed by atoms with E-state index in [-0.39, 0.29) is 0 Å². The SMILES string of the molecule is CCC1C2(C)CCCC1(C)CN(C)C2. The number of hydrogen-bond donors (Lipinski definition) is 0. The van der Waals surface area contributed by atoms with Gasteiger partial charge in [-0.3, -0.25) is 0 Å². The highest BCUT2D eigenvalue weighted by atomic mass is 15.1. The lowest BCUT2D eigenvalue weighted by Gasteiger charge is -2.59. The lowest BCUT2D eigenvalue weighted by atomic mass is 9.52. The molecular formula is C13H25N. The molecule has 0 amide bonds. The van der Waals surface area contributed by atoms with Crippen LogP contribution in [-0.2, 0) is 0 Å². The average molecular weight is 195 g/mol. The fraction of sp³-hybridized carbons (Fsp3) is 1.00. The monoisotopic (exact) mass is 195 g/mol. The average Bonchev–Trinajstić information content (AvgIpc) is 1.99. The molecule has 1 nitrogen and oxygen atoms in total. The third kappa shape index (κ3) is 1.41. The maximum Gasteiger partial charge on any atom is 0.00354 e. The van der Waals surface area contributed by atoms with E-state index in [1.807, 2.05) is 0 Å². The molecule has 1 saturated carbocycles. The van der Waals surface area contributed by atoms with Crippen molar-refractivity contribution in [3.63, 3.8) is 0 Å². The van der Waals surface area contributed by atoms with Gasteiger partial charge in [0.25, 0.3) is 0 Å². The largest absolute Gasteiger partial charge is 0.305 e. The molecule has 1 aliphatic heterocycles. The molecule has 0 radical (unpaired) electrons. The summed E-state index contributed by atoms with van der Waals surface area (Å²) in [4.78, 5) is 2.56. The van der Waals surface area contributed by atoms with Gasteiger partial charge in [-0.05, 0) is 36.6 Å². The van der Waals surface area contributed by atoms with Gasteiger partial charge in [0.05, 0.1) is 0 Å². The Labute approximate surface area is 88.9 Å². The minimum atomic E-state index is 0.606. The lowest BCUT2D eigenvalue weighted by molar-refractivity contribution is -0.0928. The zero-order valence-corrected chi connectivity index (χ0v) is 10.3. The topological polar surface area (TPSA) is 3.24 Å². The minimum Gasteiger partial charge on any atom is -0.305 e. The minimum absolute atomic E-state index is 0.606. The van der Waals surface area contributed by atoms with Crippen molar-refractivity contribution in [2.45, 2.75) is 46.5 Å². The lowest BCUT2D eigenvalue weighted by Crippen LogP contribution is -2.58. The predicted octanol–water partition coefficient (Wildman–Crippen LogP) is 3.15. The fourth-order valence-corrected chi connectivity index (χ4v) is 4.74. The third-order valence-corrected chi connectivity index (χ3v) is 4.85. The van der Waals surface area contributed by atoms with Crippen molar-refractivity contribution in [3.05, 3.63) is 0 Å². The zero-order chi connectivity index (χ0) is 10.4. The van der Waals surface area contributed by atoms with E-state index in [1.54, 1.807) is 0 Å². The first kappa shape index (κ1) is 10.5. The Hall–Kier alpha value is -0.0400. The van der Waals surface area contributed by atoms with Gasteiger partial charge in [-0.25, -0.2) is 0 Å². The van der Waals surface area contributed by atoms with E-state index in [0.29, 0.717) is 10.8 Å². The standard InChI is InChI=1S/C13H25N/c1-5-11-12(2)7-6-8-13(11,3)10-14(4)9-12/h11H,5-10H2,1-4H3. The van der Waals surface area contributed by atoms with E-state index in [0.717, 1.165) is 5.92 Å². The highest BCUT2D eigenvalue weighted by molar-refractivity contribution is 5.02. The van der Waals surface area contributed by atoms with Gasteiger partial charge in [0.15, 0.2) is 0 Å². The summed E-state index contributed by atoms with van der Waals surface area (Å²) >= 11 is 0. The summed E-state index contributed by atoms with van der Waals surface area (Å²) in [5.41, 5.74) is 1.21. The van der Waals surface area contributed by atoms with E-state index in [1.165, 1.54) is 38.8 Å². The van der Waals surface area contributed by atoms with Gasteiger partial charge in [-0.1, -0.05) is 33.6 Å². The van der Waals surface area contributed by atoms with Crippen LogP contribution >= 0.6 is 0 Å². The predicted molar refractivity (Wildman–Crippen MR) is 61.3 cm³/mol. The van der Waals surface area contributed by atoms with Gasteiger partial charge in [0.1, 0.15) is 0 Å². The molecule has 0 aromatic rings. The highest BCUT2D eigenvalue weighted by Gasteiger charge is 2.51. The summed E-state index contributed by atoms with van der Waals surface area (Å²) < 4.78 is 0. The third-order valence-electron chi connectivity index (χ3n) is 4.85. The number of piperidine rings is 1. The van der Waals surface area contributed by atoms with Gasteiger partial charge in [-0.2, -0.15) is 0 Å². The van der Waals surface area contributed by atoms with Crippen LogP contribution < -0.4 is 0 Å². The molecular weight excluding hydrogens is 170 g/mol. The van der Waals surface area contributed by atoms with Crippen molar-refractivity contribution in [1.29, 1.82) is 0 Å². The van der Waals surface area contributed by atoms with Crippen LogP contribution in [0.4, 0.5) is 0 Å². The quantitative estimate of drug-likeness (QED) is 0.621. The Morgan fingerprint density at radius 2 is 1.64 bits per heavy atom. The normalized spacial score (nSPS) is 49.3. The van der Waals surface area contributed by atoms with Crippen LogP contribution in [0.2, 0.25) is 0 Å². The highest BCUT2D eigenvalue weighted by Crippen LogP contribution is 2.55. The van der Waals surface area contributed by atoms with Gasteiger partial charge in [0.2, 0.25) is 0 Å². The number of hydrogen-bond acceptors (Lipinski definition) is 1. The van der Waals surface area contributed by atoms with Gasteiger partial charge >= 0.3 is 0 Å². The molecule has 2 unspecified atom stereocenters. The second kappa shape index (κ2) is 3.23. The summed E-state index contributed by atoms with van der Waals surface area (Å²) in [5.74, 6) is 0.958. The molecule has 1 saturated heterocycles. The Bertz CT molecular complexity index is 205. The molecule has 2 rings (SSSR count). The van der Waals surface area contributed by atoms with Crippen LogP contribution in [-0.4, -0.2) is 25.0 Å². The van der Waals surface area contributed by atoms with Crippen molar-refractivity contribution in [2.75, 3.05) is 20.1 Å². The summed E-state index contributed by atoms with van der Waals surface area (Å²) in [5, 5.41) is 0. The van der Waals surface area contributed by atoms with Crippen LogP contribution in [0.5, 0.6) is 0 Å². The van der Waals surface area contributed by atoms with E-state index >= 15 is 0 Å². The van der Waals surface area contributed by atoms with Crippen LogP contribution in [0, 0.1) is 16.7 Å². The van der Waals surface area contributed by atoms with E-state index in [4.69, 9.17) is 0 Å². The molecule has 2 aliphatic rings. The molecule has 0 aromatic heterocycles. The van der Waals surface area contributed by atoms with Crippen LogP contribution in [0.25, 0.3) is 0 Å².